The van der Waals surface area contributed by atoms with Crippen molar-refractivity contribution >= 4 is 22.5 Å². The molecule has 2 aromatic heterocycles. The summed E-state index contributed by atoms with van der Waals surface area (Å²) in [7, 11) is 0. The van der Waals surface area contributed by atoms with E-state index >= 15 is 0 Å². The predicted molar refractivity (Wildman–Crippen MR) is 57.1 cm³/mol. The van der Waals surface area contributed by atoms with Crippen LogP contribution in [0.5, 0.6) is 0 Å². The maximum absolute atomic E-state index is 5.97. The fourth-order valence-electron chi connectivity index (χ4n) is 1.35. The summed E-state index contributed by atoms with van der Waals surface area (Å²) in [5, 5.41) is 1.44. The monoisotopic (exact) mass is 210 g/mol. The standard InChI is InChI=1S/C9H11ClN4/c10-9-8-5(1-2-13-8)3-7(14-9)6(12)4-11/h1-3,6,13H,4,11-12H2/t6-/m1/s1. The average Bonchev–Trinajstić information content (AvgIpc) is 2.64. The quantitative estimate of drug-likeness (QED) is 0.651. The van der Waals surface area contributed by atoms with Crippen molar-refractivity contribution in [2.75, 3.05) is 6.54 Å². The highest BCUT2D eigenvalue weighted by molar-refractivity contribution is 6.33. The van der Waals surface area contributed by atoms with E-state index in [9.17, 15) is 0 Å². The van der Waals surface area contributed by atoms with Gasteiger partial charge in [0, 0.05) is 18.1 Å². The Morgan fingerprint density at radius 2 is 2.36 bits per heavy atom. The lowest BCUT2D eigenvalue weighted by atomic mass is 10.1. The van der Waals surface area contributed by atoms with Crippen molar-refractivity contribution in [3.8, 4) is 0 Å². The van der Waals surface area contributed by atoms with Crippen molar-refractivity contribution in [2.45, 2.75) is 6.04 Å². The van der Waals surface area contributed by atoms with Crippen molar-refractivity contribution in [1.29, 1.82) is 0 Å². The maximum atomic E-state index is 5.97. The predicted octanol–water partition coefficient (Wildman–Crippen LogP) is 1.17. The largest absolute Gasteiger partial charge is 0.359 e. The van der Waals surface area contributed by atoms with Gasteiger partial charge < -0.3 is 16.5 Å². The number of nitrogens with one attached hydrogen (secondary N) is 1. The van der Waals surface area contributed by atoms with E-state index in [1.54, 1.807) is 0 Å². The number of halogens is 1. The lowest BCUT2D eigenvalue weighted by Crippen LogP contribution is -2.21. The molecule has 2 aromatic rings. The molecule has 0 unspecified atom stereocenters. The second-order valence-corrected chi connectivity index (χ2v) is 3.48. The van der Waals surface area contributed by atoms with Gasteiger partial charge in [0.15, 0.2) is 5.15 Å². The van der Waals surface area contributed by atoms with Crippen molar-refractivity contribution < 1.29 is 0 Å². The summed E-state index contributed by atoms with van der Waals surface area (Å²) in [6, 6.07) is 3.57. The van der Waals surface area contributed by atoms with Gasteiger partial charge in [-0.15, -0.1) is 0 Å². The number of aromatic amines is 1. The summed E-state index contributed by atoms with van der Waals surface area (Å²) >= 11 is 5.97. The van der Waals surface area contributed by atoms with E-state index in [1.807, 2.05) is 18.3 Å². The van der Waals surface area contributed by atoms with Crippen LogP contribution in [0, 0.1) is 0 Å². The Bertz CT molecular complexity index is 451. The first-order valence-corrected chi connectivity index (χ1v) is 4.69. The molecule has 0 aliphatic carbocycles. The smallest absolute Gasteiger partial charge is 0.153 e. The molecule has 4 nitrogen and oxygen atoms in total. The normalized spacial score (nSPS) is 13.4. The minimum Gasteiger partial charge on any atom is -0.359 e. The number of pyridine rings is 1. The molecule has 0 saturated heterocycles. The zero-order valence-electron chi connectivity index (χ0n) is 7.50. The Labute approximate surface area is 86.3 Å². The minimum atomic E-state index is -0.258. The fourth-order valence-corrected chi connectivity index (χ4v) is 1.61. The molecule has 5 N–H and O–H groups in total. The molecular formula is C9H11ClN4. The Hall–Kier alpha value is -1.10. The molecule has 5 heteroatoms. The Balaban J connectivity index is 2.58. The van der Waals surface area contributed by atoms with E-state index in [0.717, 1.165) is 16.6 Å². The molecule has 0 saturated carbocycles. The third kappa shape index (κ3) is 1.48. The van der Waals surface area contributed by atoms with Crippen LogP contribution in [0.15, 0.2) is 18.3 Å². The van der Waals surface area contributed by atoms with Crippen molar-refractivity contribution in [3.05, 3.63) is 29.2 Å². The molecule has 0 amide bonds. The number of hydrogen-bond acceptors (Lipinski definition) is 3. The summed E-state index contributed by atoms with van der Waals surface area (Å²) in [6.07, 6.45) is 1.82. The highest BCUT2D eigenvalue weighted by atomic mass is 35.5. The van der Waals surface area contributed by atoms with Crippen molar-refractivity contribution in [1.82, 2.24) is 9.97 Å². The number of nitrogens with zero attached hydrogens (tertiary/aromatic N) is 1. The van der Waals surface area contributed by atoms with E-state index in [0.29, 0.717) is 11.7 Å². The summed E-state index contributed by atoms with van der Waals surface area (Å²) in [5.74, 6) is 0. The van der Waals surface area contributed by atoms with Gasteiger partial charge in [-0.2, -0.15) is 0 Å². The number of H-pyrrole nitrogens is 1. The topological polar surface area (TPSA) is 80.7 Å². The number of fused-ring (bicyclic) bond motifs is 1. The Morgan fingerprint density at radius 3 is 3.07 bits per heavy atom. The van der Waals surface area contributed by atoms with Crippen molar-refractivity contribution in [2.24, 2.45) is 11.5 Å². The SMILES string of the molecule is NC[C@@H](N)c1cc2cc[nH]c2c(Cl)n1. The van der Waals surface area contributed by atoms with Crippen LogP contribution in [0.1, 0.15) is 11.7 Å². The molecule has 0 radical (unpaired) electrons. The van der Waals surface area contributed by atoms with Gasteiger partial charge in [-0.25, -0.2) is 4.98 Å². The summed E-state index contributed by atoms with van der Waals surface area (Å²) in [5.41, 5.74) is 12.8. The average molecular weight is 211 g/mol. The van der Waals surface area contributed by atoms with Crippen LogP contribution in [-0.4, -0.2) is 16.5 Å². The van der Waals surface area contributed by atoms with Gasteiger partial charge in [-0.05, 0) is 12.1 Å². The maximum Gasteiger partial charge on any atom is 0.153 e. The van der Waals surface area contributed by atoms with Crippen LogP contribution in [0.2, 0.25) is 5.15 Å². The molecule has 0 aromatic carbocycles. The van der Waals surface area contributed by atoms with E-state index in [1.165, 1.54) is 0 Å². The molecular weight excluding hydrogens is 200 g/mol. The summed E-state index contributed by atoms with van der Waals surface area (Å²) < 4.78 is 0. The second-order valence-electron chi connectivity index (χ2n) is 3.12. The van der Waals surface area contributed by atoms with Crippen LogP contribution in [0.4, 0.5) is 0 Å². The van der Waals surface area contributed by atoms with E-state index < -0.39 is 0 Å². The van der Waals surface area contributed by atoms with Gasteiger partial charge >= 0.3 is 0 Å². The summed E-state index contributed by atoms with van der Waals surface area (Å²) in [6.45, 7) is 0.360. The van der Waals surface area contributed by atoms with Gasteiger partial charge in [0.1, 0.15) is 0 Å². The van der Waals surface area contributed by atoms with Gasteiger partial charge in [0.25, 0.3) is 0 Å². The number of hydrogen-bond donors (Lipinski definition) is 3. The summed E-state index contributed by atoms with van der Waals surface area (Å²) in [4.78, 5) is 7.18. The lowest BCUT2D eigenvalue weighted by Gasteiger charge is -2.08. The van der Waals surface area contributed by atoms with Gasteiger partial charge in [-0.1, -0.05) is 11.6 Å². The molecule has 0 spiro atoms. The van der Waals surface area contributed by atoms with Crippen LogP contribution in [-0.2, 0) is 0 Å². The number of rotatable bonds is 2. The Morgan fingerprint density at radius 1 is 1.57 bits per heavy atom. The molecule has 1 atom stereocenters. The zero-order valence-corrected chi connectivity index (χ0v) is 8.25. The highest BCUT2D eigenvalue weighted by Crippen LogP contribution is 2.22. The number of nitrogens with two attached hydrogens (primary N) is 2. The number of aromatic nitrogens is 2. The molecule has 0 aliphatic heterocycles. The zero-order chi connectivity index (χ0) is 10.1. The van der Waals surface area contributed by atoms with Gasteiger partial charge in [0.2, 0.25) is 0 Å². The molecule has 2 rings (SSSR count). The van der Waals surface area contributed by atoms with Gasteiger partial charge in [-0.3, -0.25) is 0 Å². The van der Waals surface area contributed by atoms with Gasteiger partial charge in [0.05, 0.1) is 17.3 Å². The second kappa shape index (κ2) is 3.57. The molecule has 0 fully saturated rings. The molecule has 74 valence electrons. The van der Waals surface area contributed by atoms with Crippen molar-refractivity contribution in [3.63, 3.8) is 0 Å². The first-order valence-electron chi connectivity index (χ1n) is 4.31. The van der Waals surface area contributed by atoms with E-state index in [2.05, 4.69) is 9.97 Å². The van der Waals surface area contributed by atoms with E-state index in [-0.39, 0.29) is 6.04 Å². The lowest BCUT2D eigenvalue weighted by molar-refractivity contribution is 0.713. The molecule has 0 aliphatic rings. The van der Waals surface area contributed by atoms with Crippen LogP contribution >= 0.6 is 11.6 Å². The minimum absolute atomic E-state index is 0.258. The molecule has 0 bridgehead atoms. The van der Waals surface area contributed by atoms with E-state index in [4.69, 9.17) is 23.1 Å². The van der Waals surface area contributed by atoms with Crippen LogP contribution in [0.25, 0.3) is 10.9 Å². The fraction of sp³-hybridized carbons (Fsp3) is 0.222. The third-order valence-electron chi connectivity index (χ3n) is 2.15. The van der Waals surface area contributed by atoms with Crippen LogP contribution < -0.4 is 11.5 Å². The van der Waals surface area contributed by atoms with Crippen LogP contribution in [0.3, 0.4) is 0 Å². The first kappa shape index (κ1) is 9.45. The molecule has 14 heavy (non-hydrogen) atoms. The molecule has 2 heterocycles. The third-order valence-corrected chi connectivity index (χ3v) is 2.42. The highest BCUT2D eigenvalue weighted by Gasteiger charge is 2.09. The first-order chi connectivity index (χ1) is 6.72. The Kier molecular flexibility index (Phi) is 2.41.